The van der Waals surface area contributed by atoms with Crippen molar-refractivity contribution < 1.29 is 133 Å². The molecule has 0 saturated heterocycles. The van der Waals surface area contributed by atoms with Crippen LogP contribution in [0.2, 0.25) is 0 Å². The van der Waals surface area contributed by atoms with E-state index in [4.69, 9.17) is 53.8 Å². The van der Waals surface area contributed by atoms with E-state index in [-0.39, 0.29) is 199 Å². The first-order valence-electron chi connectivity index (χ1n) is 43.8. The second-order valence-electron chi connectivity index (χ2n) is 31.4. The Bertz CT molecular complexity index is 3420. The number of rotatable bonds is 83. The fraction of sp³-hybridized carbons (Fsp3) is 0.697. The van der Waals surface area contributed by atoms with Crippen LogP contribution in [0.1, 0.15) is 262 Å². The van der Waals surface area contributed by atoms with Gasteiger partial charge in [-0.2, -0.15) is 0 Å². The van der Waals surface area contributed by atoms with E-state index in [0.717, 1.165) is 108 Å². The van der Waals surface area contributed by atoms with Gasteiger partial charge in [0.2, 0.25) is 35.4 Å². The van der Waals surface area contributed by atoms with Crippen LogP contribution in [-0.2, 0) is 102 Å². The Balaban J connectivity index is 0.0000769. The summed E-state index contributed by atoms with van der Waals surface area (Å²) in [5.74, 6) is -9.91. The van der Waals surface area contributed by atoms with Crippen molar-refractivity contribution in [1.29, 1.82) is 0 Å². The molecule has 0 aliphatic carbocycles. The Morgan fingerprint density at radius 3 is 1.28 bits per heavy atom. The van der Waals surface area contributed by atoms with Crippen molar-refractivity contribution in [2.24, 2.45) is 23.5 Å². The van der Waals surface area contributed by atoms with E-state index in [1.165, 1.54) is 32.9 Å². The zero-order chi connectivity index (χ0) is 90.5. The fourth-order valence-corrected chi connectivity index (χ4v) is 12.8. The average Bonchev–Trinajstić information content (AvgIpc) is 0.864. The van der Waals surface area contributed by atoms with Crippen LogP contribution < -0.4 is 42.4 Å². The molecule has 0 radical (unpaired) electrons. The van der Waals surface area contributed by atoms with E-state index in [0.29, 0.717) is 102 Å². The van der Waals surface area contributed by atoms with E-state index in [9.17, 15) is 82.1 Å². The molecule has 0 aliphatic heterocycles. The molecule has 6 amide bonds. The Morgan fingerprint density at radius 1 is 0.358 bits per heavy atom. The maximum absolute atomic E-state index is 13.8. The first-order valence-corrected chi connectivity index (χ1v) is 43.8. The number of nitrogens with one attached hydrogen (secondary N) is 6. The minimum Gasteiger partial charge on any atom is -0.494 e. The molecule has 0 heterocycles. The predicted molar refractivity (Wildman–Crippen MR) is 460 cm³/mol. The summed E-state index contributed by atoms with van der Waals surface area (Å²) in [6.07, 6.45) is 20.2. The highest BCUT2D eigenvalue weighted by molar-refractivity contribution is 5.94. The van der Waals surface area contributed by atoms with Gasteiger partial charge in [0.1, 0.15) is 55.6 Å². The predicted octanol–water partition coefficient (Wildman–Crippen LogP) is 8.87. The van der Waals surface area contributed by atoms with Crippen LogP contribution in [0.15, 0.2) is 48.5 Å². The molecule has 0 bridgehead atoms. The van der Waals surface area contributed by atoms with Gasteiger partial charge in [0, 0.05) is 105 Å². The van der Waals surface area contributed by atoms with Gasteiger partial charge in [-0.3, -0.25) is 57.5 Å². The summed E-state index contributed by atoms with van der Waals surface area (Å²) in [7, 11) is 0. The molecule has 12 N–H and O–H groups in total. The van der Waals surface area contributed by atoms with Gasteiger partial charge in [0.05, 0.1) is 88.7 Å². The zero-order valence-electron chi connectivity index (χ0n) is 72.9. The summed E-state index contributed by atoms with van der Waals surface area (Å²) in [4.78, 5) is 185. The second-order valence-corrected chi connectivity index (χ2v) is 31.4. The lowest BCUT2D eigenvalue weighted by Gasteiger charge is -2.23. The number of carbonyl (C=O) groups excluding carboxylic acids is 11. The van der Waals surface area contributed by atoms with Crippen molar-refractivity contribution in [1.82, 2.24) is 31.9 Å². The number of aryl methyl sites for hydroxylation is 1. The molecule has 34 nitrogen and oxygen atoms in total. The highest BCUT2D eigenvalue weighted by Gasteiger charge is 2.31. The number of ketones is 5. The summed E-state index contributed by atoms with van der Waals surface area (Å²) >= 11 is 0. The zero-order valence-corrected chi connectivity index (χ0v) is 72.9. The van der Waals surface area contributed by atoms with Crippen molar-refractivity contribution in [2.45, 2.75) is 251 Å². The molecule has 4 atom stereocenters. The fourth-order valence-electron chi connectivity index (χ4n) is 12.8. The van der Waals surface area contributed by atoms with Gasteiger partial charge in [-0.25, -0.2) is 14.4 Å². The van der Waals surface area contributed by atoms with E-state index < -0.39 is 83.3 Å². The first-order chi connectivity index (χ1) is 59.0. The van der Waals surface area contributed by atoms with Crippen LogP contribution in [0.4, 0.5) is 0 Å². The van der Waals surface area contributed by atoms with Gasteiger partial charge in [-0.05, 0) is 146 Å². The van der Waals surface area contributed by atoms with E-state index in [1.807, 2.05) is 12.1 Å². The molecule has 0 saturated carbocycles. The maximum Gasteiger partial charge on any atom is 0.335 e. The number of unbranched alkanes of at least 4 members (excludes halogenated alkanes) is 16. The minimum absolute atomic E-state index is 0. The number of aromatic carboxylic acids is 2. The van der Waals surface area contributed by atoms with Gasteiger partial charge in [-0.1, -0.05) is 95.6 Å². The number of ether oxygens (including phenoxy) is 8. The number of aliphatic carboxylic acids is 2. The number of hydrogen-bond donors (Lipinski definition) is 11. The molecule has 123 heavy (non-hydrogen) atoms. The van der Waals surface area contributed by atoms with Crippen molar-refractivity contribution in [2.75, 3.05) is 132 Å². The van der Waals surface area contributed by atoms with Gasteiger partial charge in [0.15, 0.2) is 11.6 Å². The number of hydrogen-bond acceptors (Lipinski definition) is 24. The summed E-state index contributed by atoms with van der Waals surface area (Å²) in [5, 5.41) is 53.5. The van der Waals surface area contributed by atoms with Crippen molar-refractivity contribution in [3.63, 3.8) is 0 Å². The average molecular weight is 1750 g/mol. The topological polar surface area (TPSA) is 509 Å². The quantitative estimate of drug-likeness (QED) is 0.0275. The molecule has 2 aromatic rings. The number of nitrogens with two attached hydrogens (primary N) is 1. The lowest BCUT2D eigenvalue weighted by atomic mass is 9.82. The summed E-state index contributed by atoms with van der Waals surface area (Å²) in [6.45, 7) is 6.53. The molecule has 2 rings (SSSR count). The van der Waals surface area contributed by atoms with E-state index >= 15 is 0 Å². The second kappa shape index (κ2) is 70.3. The molecule has 0 aliphatic rings. The molecular formula is C89H145N7O27. The lowest BCUT2D eigenvalue weighted by molar-refractivity contribution is -0.145. The van der Waals surface area contributed by atoms with Crippen molar-refractivity contribution >= 4 is 88.2 Å². The number of benzene rings is 2. The van der Waals surface area contributed by atoms with Gasteiger partial charge in [-0.15, -0.1) is 0 Å². The summed E-state index contributed by atoms with van der Waals surface area (Å²) < 4.78 is 43.4. The molecule has 698 valence electrons. The molecule has 2 aromatic carbocycles. The minimum atomic E-state index is -1.38. The molecule has 0 spiro atoms. The largest absolute Gasteiger partial charge is 0.494 e. The van der Waals surface area contributed by atoms with Crippen LogP contribution in [0.25, 0.3) is 0 Å². The summed E-state index contributed by atoms with van der Waals surface area (Å²) in [6, 6.07) is 12.0. The van der Waals surface area contributed by atoms with Crippen LogP contribution in [0.3, 0.4) is 0 Å². The van der Waals surface area contributed by atoms with E-state index in [2.05, 4.69) is 31.9 Å². The molecule has 0 unspecified atom stereocenters. The number of carboxylic acid groups (broad SMARTS) is 4. The van der Waals surface area contributed by atoms with Crippen LogP contribution in [-0.4, -0.2) is 252 Å². The first kappa shape index (κ1) is 110. The van der Waals surface area contributed by atoms with E-state index in [1.54, 1.807) is 24.3 Å². The monoisotopic (exact) mass is 1740 g/mol. The highest BCUT2D eigenvalue weighted by Crippen LogP contribution is 2.25. The van der Waals surface area contributed by atoms with Crippen molar-refractivity contribution in [3.8, 4) is 5.75 Å². The molecular weight excluding hydrogens is 1600 g/mol. The smallest absolute Gasteiger partial charge is 0.335 e. The highest BCUT2D eigenvalue weighted by atomic mass is 16.5. The third kappa shape index (κ3) is 61.0. The lowest BCUT2D eigenvalue weighted by Crippen LogP contribution is -2.43. The molecule has 0 aromatic heterocycles. The molecule has 0 fully saturated rings. The maximum atomic E-state index is 13.8. The number of carboxylic acids is 4. The van der Waals surface area contributed by atoms with Crippen LogP contribution in [0.5, 0.6) is 5.75 Å². The Kier molecular flexibility index (Phi) is 62.9. The Morgan fingerprint density at radius 2 is 0.772 bits per heavy atom. The number of Topliss-reactive ketones (excluding diaryl/α,β-unsaturated/α-hetero) is 5. The summed E-state index contributed by atoms with van der Waals surface area (Å²) in [5.41, 5.74) is 6.53. The van der Waals surface area contributed by atoms with Crippen LogP contribution in [0, 0.1) is 17.8 Å². The number of amides is 6. The Hall–Kier alpha value is -9.03. The van der Waals surface area contributed by atoms with Crippen molar-refractivity contribution in [3.05, 3.63) is 65.2 Å². The molecule has 34 heteroatoms. The van der Waals surface area contributed by atoms with Crippen LogP contribution >= 0.6 is 0 Å². The standard InChI is InChI=1S/C89H141N7O27.2H2/c1-66(97)70(26-18-21-43-92-81(104)42-40-76(88(114)115)96-84(107)65-122-58-55-118-52-46-94-82(105)63-119-48-24-20-29-73(98)28-16-12-8-6-10-14-23-49-123-75-38-35-69(36-39-75)86(110)111)60-77(100)71(61-78(101)89(2,3)90)27-19-22-44-91-80(103)41-37-72(87(112)113)59-74(99)62-120-56-53-117-51-47-95-83(106)64-121-57-54-116-50-45-93-79(102)30-17-13-9-5-4-7-11-15-25-67-31-33-68(34-32-67)85(108)109;;/h31-36,38-39,70-72,76H,4-30,37,40-65,90H2,1-3H3,(H,91,103)(H,92,104)(H,93,102)(H,94,105)(H,95,106)(H,96,107)(H,108,109)(H,110,111)(H,112,113)(H,114,115);2*1H/t70-,71-,72-,76+;;/m1../s1. The van der Waals surface area contributed by atoms with Gasteiger partial charge in [0.25, 0.3) is 0 Å². The Labute approximate surface area is 727 Å². The van der Waals surface area contributed by atoms with Gasteiger partial charge >= 0.3 is 23.9 Å². The normalized spacial score (nSPS) is 12.3. The number of carbonyl (C=O) groups is 15. The third-order valence-electron chi connectivity index (χ3n) is 20.1. The third-order valence-corrected chi connectivity index (χ3v) is 20.1. The van der Waals surface area contributed by atoms with Gasteiger partial charge < -0.3 is 96.0 Å². The SMILES string of the molecule is CC(=O)[C@H](CCCCNC(=O)CC[C@H](NC(=O)COCCOCCNC(=O)COCCCCC(=O)CCCCCCCCCOc1ccc(C(=O)O)cc1)C(=O)O)CC(=O)[C@H](CCCCNC(=O)CC[C@H](CC(=O)COCCOCCNC(=O)COCCOCCNC(=O)CCCCCCCCCCc1ccc(C(=O)O)cc1)C(=O)O)CC(=O)C(C)(C)N.[HH].[HH].